The monoisotopic (exact) mass is 180 g/mol. The van der Waals surface area contributed by atoms with Crippen LogP contribution in [0.1, 0.15) is 22.6 Å². The van der Waals surface area contributed by atoms with Crippen molar-refractivity contribution in [3.63, 3.8) is 0 Å². The highest BCUT2D eigenvalue weighted by atomic mass is 16.2. The lowest BCUT2D eigenvalue weighted by atomic mass is 10.2. The van der Waals surface area contributed by atoms with E-state index in [9.17, 15) is 4.79 Å². The van der Waals surface area contributed by atoms with Gasteiger partial charge in [-0.1, -0.05) is 5.21 Å². The molecule has 0 saturated carbocycles. The molecule has 0 aromatic carbocycles. The molecule has 13 heavy (non-hydrogen) atoms. The lowest BCUT2D eigenvalue weighted by Crippen LogP contribution is -2.42. The van der Waals surface area contributed by atoms with Crippen molar-refractivity contribution < 1.29 is 4.79 Å². The van der Waals surface area contributed by atoms with E-state index in [0.717, 1.165) is 25.2 Å². The molecule has 2 rings (SSSR count). The lowest BCUT2D eigenvalue weighted by Gasteiger charge is -2.30. The molecule has 5 heteroatoms. The van der Waals surface area contributed by atoms with E-state index in [-0.39, 0.29) is 5.91 Å². The molecular weight excluding hydrogens is 168 g/mol. The molecule has 0 radical (unpaired) electrons. The Morgan fingerprint density at radius 1 is 1.46 bits per heavy atom. The Balaban J connectivity index is 2.24. The van der Waals surface area contributed by atoms with Gasteiger partial charge in [-0.2, -0.15) is 0 Å². The average molecular weight is 180 g/mol. The highest BCUT2D eigenvalue weighted by Crippen LogP contribution is 2.12. The first-order chi connectivity index (χ1) is 6.20. The molecule has 0 unspecified atom stereocenters. The summed E-state index contributed by atoms with van der Waals surface area (Å²) in [6.07, 6.45) is 1.10. The Bertz CT molecular complexity index is 340. The fourth-order valence-corrected chi connectivity index (χ4v) is 1.27. The molecular formula is C8H12N4O. The second-order valence-electron chi connectivity index (χ2n) is 3.29. The van der Waals surface area contributed by atoms with Crippen LogP contribution < -0.4 is 0 Å². The Labute approximate surface area is 76.3 Å². The van der Waals surface area contributed by atoms with Crippen LogP contribution in [0.5, 0.6) is 0 Å². The topological polar surface area (TPSA) is 51.0 Å². The van der Waals surface area contributed by atoms with Crippen LogP contribution in [0.15, 0.2) is 0 Å². The first-order valence-corrected chi connectivity index (χ1v) is 4.35. The van der Waals surface area contributed by atoms with Gasteiger partial charge in [0, 0.05) is 20.1 Å². The Morgan fingerprint density at radius 3 is 2.54 bits per heavy atom. The van der Waals surface area contributed by atoms with Gasteiger partial charge in [-0.15, -0.1) is 5.10 Å². The largest absolute Gasteiger partial charge is 0.337 e. The quantitative estimate of drug-likeness (QED) is 0.609. The van der Waals surface area contributed by atoms with Crippen LogP contribution in [-0.4, -0.2) is 38.9 Å². The number of amides is 1. The summed E-state index contributed by atoms with van der Waals surface area (Å²) in [7, 11) is 1.79. The van der Waals surface area contributed by atoms with Gasteiger partial charge in [0.1, 0.15) is 0 Å². The third-order valence-electron chi connectivity index (χ3n) is 2.45. The first kappa shape index (κ1) is 8.22. The van der Waals surface area contributed by atoms with E-state index in [1.165, 1.54) is 0 Å². The van der Waals surface area contributed by atoms with E-state index >= 15 is 0 Å². The van der Waals surface area contributed by atoms with Crippen molar-refractivity contribution in [1.82, 2.24) is 19.9 Å². The zero-order valence-corrected chi connectivity index (χ0v) is 7.82. The summed E-state index contributed by atoms with van der Waals surface area (Å²) >= 11 is 0. The molecule has 1 aromatic rings. The van der Waals surface area contributed by atoms with Crippen molar-refractivity contribution in [3.8, 4) is 0 Å². The summed E-state index contributed by atoms with van der Waals surface area (Å²) in [5.41, 5.74) is 1.32. The maximum Gasteiger partial charge on any atom is 0.276 e. The van der Waals surface area contributed by atoms with E-state index in [1.54, 1.807) is 16.6 Å². The molecule has 0 spiro atoms. The zero-order valence-electron chi connectivity index (χ0n) is 7.82. The molecule has 1 aliphatic rings. The fraction of sp³-hybridized carbons (Fsp3) is 0.625. The Morgan fingerprint density at radius 2 is 2.15 bits per heavy atom. The number of hydrogen-bond donors (Lipinski definition) is 0. The van der Waals surface area contributed by atoms with Crippen LogP contribution in [0.2, 0.25) is 0 Å². The molecule has 0 aliphatic carbocycles. The van der Waals surface area contributed by atoms with Gasteiger partial charge in [0.15, 0.2) is 5.69 Å². The van der Waals surface area contributed by atoms with Crippen molar-refractivity contribution in [2.75, 3.05) is 13.1 Å². The molecule has 1 amide bonds. The summed E-state index contributed by atoms with van der Waals surface area (Å²) < 4.78 is 1.62. The second-order valence-corrected chi connectivity index (χ2v) is 3.29. The van der Waals surface area contributed by atoms with Gasteiger partial charge in [-0.25, -0.2) is 0 Å². The standard InChI is InChI=1S/C8H12N4O/c1-6-7(9-10-11(6)2)8(13)12-4-3-5-12/h3-5H2,1-2H3. The predicted octanol–water partition coefficient (Wildman–Crippen LogP) is -0.0306. The van der Waals surface area contributed by atoms with E-state index in [4.69, 9.17) is 0 Å². The third-order valence-corrected chi connectivity index (χ3v) is 2.45. The molecule has 5 nitrogen and oxygen atoms in total. The Kier molecular flexibility index (Phi) is 1.79. The zero-order chi connectivity index (χ0) is 9.42. The molecule has 1 saturated heterocycles. The van der Waals surface area contributed by atoms with Gasteiger partial charge in [0.25, 0.3) is 5.91 Å². The van der Waals surface area contributed by atoms with Gasteiger partial charge in [0.05, 0.1) is 5.69 Å². The molecule has 0 N–H and O–H groups in total. The van der Waals surface area contributed by atoms with Crippen molar-refractivity contribution in [2.45, 2.75) is 13.3 Å². The maximum absolute atomic E-state index is 11.7. The van der Waals surface area contributed by atoms with Crippen molar-refractivity contribution in [1.29, 1.82) is 0 Å². The smallest absolute Gasteiger partial charge is 0.276 e. The van der Waals surface area contributed by atoms with E-state index in [0.29, 0.717) is 5.69 Å². The number of aryl methyl sites for hydroxylation is 1. The van der Waals surface area contributed by atoms with Crippen molar-refractivity contribution in [3.05, 3.63) is 11.4 Å². The van der Waals surface area contributed by atoms with E-state index in [1.807, 2.05) is 6.92 Å². The van der Waals surface area contributed by atoms with Crippen LogP contribution in [0, 0.1) is 6.92 Å². The van der Waals surface area contributed by atoms with Gasteiger partial charge in [-0.05, 0) is 13.3 Å². The first-order valence-electron chi connectivity index (χ1n) is 4.35. The molecule has 0 atom stereocenters. The van der Waals surface area contributed by atoms with Gasteiger partial charge in [0.2, 0.25) is 0 Å². The van der Waals surface area contributed by atoms with E-state index < -0.39 is 0 Å². The molecule has 2 heterocycles. The number of carbonyl (C=O) groups excluding carboxylic acids is 1. The summed E-state index contributed by atoms with van der Waals surface area (Å²) in [4.78, 5) is 13.5. The SMILES string of the molecule is Cc1c(C(=O)N2CCC2)nnn1C. The van der Waals surface area contributed by atoms with Crippen LogP contribution in [0.25, 0.3) is 0 Å². The number of likely N-dealkylation sites (tertiary alicyclic amines) is 1. The molecule has 1 fully saturated rings. The fourth-order valence-electron chi connectivity index (χ4n) is 1.27. The number of rotatable bonds is 1. The summed E-state index contributed by atoms with van der Waals surface area (Å²) in [6, 6.07) is 0. The molecule has 1 aliphatic heterocycles. The highest BCUT2D eigenvalue weighted by Gasteiger charge is 2.25. The van der Waals surface area contributed by atoms with Crippen LogP contribution in [0.3, 0.4) is 0 Å². The molecule has 70 valence electrons. The molecule has 1 aromatic heterocycles. The second kappa shape index (κ2) is 2.83. The lowest BCUT2D eigenvalue weighted by molar-refractivity contribution is 0.0644. The number of nitrogens with zero attached hydrogens (tertiary/aromatic N) is 4. The normalized spacial score (nSPS) is 15.7. The maximum atomic E-state index is 11.7. The van der Waals surface area contributed by atoms with E-state index in [2.05, 4.69) is 10.3 Å². The van der Waals surface area contributed by atoms with Gasteiger partial charge in [-0.3, -0.25) is 9.48 Å². The summed E-state index contributed by atoms with van der Waals surface area (Å²) in [5, 5.41) is 7.64. The van der Waals surface area contributed by atoms with Crippen LogP contribution in [-0.2, 0) is 7.05 Å². The van der Waals surface area contributed by atoms with Crippen LogP contribution in [0.4, 0.5) is 0 Å². The number of aromatic nitrogens is 3. The number of hydrogen-bond acceptors (Lipinski definition) is 3. The number of carbonyl (C=O) groups is 1. The van der Waals surface area contributed by atoms with Crippen molar-refractivity contribution in [2.24, 2.45) is 7.05 Å². The highest BCUT2D eigenvalue weighted by molar-refractivity contribution is 5.93. The molecule has 0 bridgehead atoms. The van der Waals surface area contributed by atoms with Crippen LogP contribution >= 0.6 is 0 Å². The minimum Gasteiger partial charge on any atom is -0.337 e. The van der Waals surface area contributed by atoms with Crippen molar-refractivity contribution >= 4 is 5.91 Å². The van der Waals surface area contributed by atoms with Gasteiger partial charge >= 0.3 is 0 Å². The minimum atomic E-state index is 0.0110. The predicted molar refractivity (Wildman–Crippen MR) is 46.3 cm³/mol. The van der Waals surface area contributed by atoms with Gasteiger partial charge < -0.3 is 4.90 Å². The average Bonchev–Trinajstić information content (AvgIpc) is 2.29. The minimum absolute atomic E-state index is 0.0110. The summed E-state index contributed by atoms with van der Waals surface area (Å²) in [5.74, 6) is 0.0110. The third kappa shape index (κ3) is 1.20. The Hall–Kier alpha value is -1.39. The summed E-state index contributed by atoms with van der Waals surface area (Å²) in [6.45, 7) is 3.57.